The van der Waals surface area contributed by atoms with Crippen LogP contribution in [0.15, 0.2) is 24.3 Å². The van der Waals surface area contributed by atoms with Crippen LogP contribution in [0.3, 0.4) is 0 Å². The predicted molar refractivity (Wildman–Crippen MR) is 89.6 cm³/mol. The minimum absolute atomic E-state index is 0. The zero-order valence-corrected chi connectivity index (χ0v) is 15.9. The summed E-state index contributed by atoms with van der Waals surface area (Å²) >= 11 is 0. The van der Waals surface area contributed by atoms with Crippen LogP contribution in [0.1, 0.15) is 43.6 Å². The molecule has 2 nitrogen and oxygen atoms in total. The van der Waals surface area contributed by atoms with Crippen LogP contribution in [0.2, 0.25) is 19.6 Å². The summed E-state index contributed by atoms with van der Waals surface area (Å²) in [4.78, 5) is 14.8. The van der Waals surface area contributed by atoms with E-state index in [9.17, 15) is 4.79 Å². The van der Waals surface area contributed by atoms with Gasteiger partial charge in [-0.05, 0) is 27.7 Å². The molecule has 0 atom stereocenters. The fourth-order valence-electron chi connectivity index (χ4n) is 2.49. The maximum atomic E-state index is 12.9. The Labute approximate surface area is 143 Å². The number of benzene rings is 1. The number of carbonyl (C=O) groups is 1. The van der Waals surface area contributed by atoms with Gasteiger partial charge in [0.15, 0.2) is 5.91 Å². The van der Waals surface area contributed by atoms with E-state index in [1.165, 1.54) is 0 Å². The Morgan fingerprint density at radius 3 is 1.95 bits per heavy atom. The van der Waals surface area contributed by atoms with E-state index in [0.717, 1.165) is 11.1 Å². The molecule has 112 valence electrons. The first-order valence-corrected chi connectivity index (χ1v) is 11.0. The average Bonchev–Trinajstić information content (AvgIpc) is 2.26. The van der Waals surface area contributed by atoms with Crippen LogP contribution in [0.4, 0.5) is 0 Å². The quantitative estimate of drug-likeness (QED) is 0.594. The van der Waals surface area contributed by atoms with Gasteiger partial charge in [0.25, 0.3) is 0 Å². The summed E-state index contributed by atoms with van der Waals surface area (Å²) in [5.41, 5.74) is 1.92. The zero-order chi connectivity index (χ0) is 15.5. The first kappa shape index (κ1) is 20.4. The summed E-state index contributed by atoms with van der Waals surface area (Å²) in [6.07, 6.45) is 0. The summed E-state index contributed by atoms with van der Waals surface area (Å²) in [5.74, 6) is 0.139. The van der Waals surface area contributed by atoms with E-state index in [4.69, 9.17) is 0 Å². The van der Waals surface area contributed by atoms with Gasteiger partial charge in [-0.15, -0.1) is 12.1 Å². The molecular formula is C17H28LiNOSi. The molecule has 1 rings (SSSR count). The van der Waals surface area contributed by atoms with Crippen LogP contribution >= 0.6 is 0 Å². The van der Waals surface area contributed by atoms with Crippen LogP contribution in [-0.2, 0) is 0 Å². The summed E-state index contributed by atoms with van der Waals surface area (Å²) in [7, 11) is -1.36. The molecule has 4 heteroatoms. The van der Waals surface area contributed by atoms with E-state index in [1.807, 2.05) is 23.1 Å². The van der Waals surface area contributed by atoms with Crippen LogP contribution in [-0.4, -0.2) is 31.0 Å². The van der Waals surface area contributed by atoms with Gasteiger partial charge in [-0.25, -0.2) is 0 Å². The van der Waals surface area contributed by atoms with Gasteiger partial charge < -0.3 is 4.90 Å². The first-order chi connectivity index (χ1) is 9.13. The maximum absolute atomic E-state index is 12.9. The second-order valence-electron chi connectivity index (χ2n) is 7.00. The molecule has 0 bridgehead atoms. The monoisotopic (exact) mass is 297 g/mol. The van der Waals surface area contributed by atoms with Crippen LogP contribution in [0, 0.1) is 6.04 Å². The number of amides is 1. The van der Waals surface area contributed by atoms with Gasteiger partial charge in [0.1, 0.15) is 0 Å². The summed E-state index contributed by atoms with van der Waals surface area (Å²) in [6.45, 7) is 15.2. The molecule has 21 heavy (non-hydrogen) atoms. The second kappa shape index (κ2) is 8.12. The van der Waals surface area contributed by atoms with Crippen molar-refractivity contribution < 1.29 is 23.7 Å². The van der Waals surface area contributed by atoms with Crippen LogP contribution < -0.4 is 18.9 Å². The van der Waals surface area contributed by atoms with E-state index in [-0.39, 0.29) is 36.9 Å². The minimum atomic E-state index is -1.36. The van der Waals surface area contributed by atoms with Crippen molar-refractivity contribution >= 4 is 14.0 Å². The van der Waals surface area contributed by atoms with Crippen molar-refractivity contribution in [1.29, 1.82) is 0 Å². The van der Waals surface area contributed by atoms with Crippen molar-refractivity contribution in [2.75, 3.05) is 0 Å². The largest absolute Gasteiger partial charge is 1.00 e. The minimum Gasteiger partial charge on any atom is -0.344 e. The molecule has 1 aromatic rings. The molecule has 0 saturated carbocycles. The topological polar surface area (TPSA) is 20.3 Å². The molecule has 1 amide bonds. The average molecular weight is 297 g/mol. The number of rotatable bonds is 5. The molecule has 0 saturated heterocycles. The summed E-state index contributed by atoms with van der Waals surface area (Å²) in [6, 6.07) is 10.7. The molecule has 0 aliphatic carbocycles. The Bertz CT molecular complexity index is 458. The van der Waals surface area contributed by atoms with Gasteiger partial charge >= 0.3 is 18.9 Å². The van der Waals surface area contributed by atoms with Crippen molar-refractivity contribution in [1.82, 2.24) is 4.90 Å². The van der Waals surface area contributed by atoms with Gasteiger partial charge in [0.05, 0.1) is 0 Å². The van der Waals surface area contributed by atoms with E-state index >= 15 is 0 Å². The Hall–Kier alpha value is -0.626. The molecule has 0 aliphatic heterocycles. The fraction of sp³-hybridized carbons (Fsp3) is 0.529. The molecule has 0 heterocycles. The third-order valence-corrected chi connectivity index (χ3v) is 4.30. The van der Waals surface area contributed by atoms with Crippen molar-refractivity contribution in [3.05, 3.63) is 41.4 Å². The number of hydrogen-bond donors (Lipinski definition) is 0. The molecule has 0 fully saturated rings. The Balaban J connectivity index is 0.00000400. The van der Waals surface area contributed by atoms with E-state index in [1.54, 1.807) is 0 Å². The summed E-state index contributed by atoms with van der Waals surface area (Å²) in [5, 5.41) is 0. The Morgan fingerprint density at radius 2 is 1.52 bits per heavy atom. The van der Waals surface area contributed by atoms with Crippen molar-refractivity contribution in [2.45, 2.75) is 59.4 Å². The first-order valence-electron chi connectivity index (χ1n) is 7.41. The molecule has 0 spiro atoms. The van der Waals surface area contributed by atoms with Crippen LogP contribution in [0.25, 0.3) is 0 Å². The van der Waals surface area contributed by atoms with E-state index < -0.39 is 8.07 Å². The van der Waals surface area contributed by atoms with Gasteiger partial charge in [-0.1, -0.05) is 31.3 Å². The van der Waals surface area contributed by atoms with Crippen LogP contribution in [0.5, 0.6) is 0 Å². The molecular weight excluding hydrogens is 269 g/mol. The van der Waals surface area contributed by atoms with Crippen molar-refractivity contribution in [3.8, 4) is 0 Å². The molecule has 0 N–H and O–H groups in total. The Kier molecular flexibility index (Phi) is 7.88. The normalized spacial score (nSPS) is 11.3. The molecule has 0 unspecified atom stereocenters. The molecule has 0 aliphatic rings. The standard InChI is InChI=1S/C17H28NOSi.Li/c1-13(2)18(14(3)4)17(19)16-11-9-8-10-15(16)12-20(5,6)7;/h8-14H,1-7H3;/q-1;+1. The maximum Gasteiger partial charge on any atom is 1.00 e. The van der Waals surface area contributed by atoms with E-state index in [0.29, 0.717) is 0 Å². The third kappa shape index (κ3) is 5.94. The van der Waals surface area contributed by atoms with Gasteiger partial charge in [0, 0.05) is 20.2 Å². The number of nitrogens with zero attached hydrogens (tertiary/aromatic N) is 1. The third-order valence-electron chi connectivity index (χ3n) is 3.13. The fourth-order valence-corrected chi connectivity index (χ4v) is 3.67. The SMILES string of the molecule is CC(C)N(C(=O)c1ccccc1[CH-][Si](C)(C)C)C(C)C.[Li+]. The summed E-state index contributed by atoms with van der Waals surface area (Å²) < 4.78 is 0. The molecule has 0 aromatic heterocycles. The predicted octanol–water partition coefficient (Wildman–Crippen LogP) is 1.38. The molecule has 1 aromatic carbocycles. The second-order valence-corrected chi connectivity index (χ2v) is 12.0. The van der Waals surface area contributed by atoms with Gasteiger partial charge in [0.2, 0.25) is 0 Å². The van der Waals surface area contributed by atoms with Crippen molar-refractivity contribution in [2.24, 2.45) is 0 Å². The Morgan fingerprint density at radius 1 is 1.05 bits per heavy atom. The van der Waals surface area contributed by atoms with Gasteiger partial charge in [-0.2, -0.15) is 17.7 Å². The van der Waals surface area contributed by atoms with E-state index in [2.05, 4.69) is 59.4 Å². The molecule has 0 radical (unpaired) electrons. The van der Waals surface area contributed by atoms with Gasteiger partial charge in [-0.3, -0.25) is 4.79 Å². The smallest absolute Gasteiger partial charge is 0.344 e. The zero-order valence-electron chi connectivity index (χ0n) is 14.9. The number of carbonyl (C=O) groups excluding carboxylic acids is 1. The van der Waals surface area contributed by atoms with Crippen molar-refractivity contribution in [3.63, 3.8) is 0 Å². The number of hydrogen-bond acceptors (Lipinski definition) is 1.